The Morgan fingerprint density at radius 3 is 3.00 bits per heavy atom. The molecule has 0 spiro atoms. The SMILES string of the molecule is COC(=O)CCc1nc(-c2ncccc2F)n(C)n1. The van der Waals surface area contributed by atoms with Gasteiger partial charge in [0.2, 0.25) is 0 Å². The lowest BCUT2D eigenvalue weighted by atomic mass is 10.3. The first-order valence-corrected chi connectivity index (χ1v) is 5.69. The molecule has 7 heteroatoms. The minimum absolute atomic E-state index is 0.141. The third kappa shape index (κ3) is 2.93. The van der Waals surface area contributed by atoms with Crippen molar-refractivity contribution in [1.29, 1.82) is 0 Å². The quantitative estimate of drug-likeness (QED) is 0.774. The largest absolute Gasteiger partial charge is 0.469 e. The minimum atomic E-state index is -0.461. The molecule has 0 atom stereocenters. The summed E-state index contributed by atoms with van der Waals surface area (Å²) in [4.78, 5) is 19.2. The van der Waals surface area contributed by atoms with Gasteiger partial charge in [-0.05, 0) is 12.1 Å². The molecule has 2 heterocycles. The maximum Gasteiger partial charge on any atom is 0.305 e. The van der Waals surface area contributed by atoms with Gasteiger partial charge in [-0.25, -0.2) is 19.0 Å². The van der Waals surface area contributed by atoms with Crippen molar-refractivity contribution in [2.24, 2.45) is 7.05 Å². The maximum absolute atomic E-state index is 13.6. The number of carbonyl (C=O) groups excluding carboxylic acids is 1. The van der Waals surface area contributed by atoms with Crippen LogP contribution >= 0.6 is 0 Å². The van der Waals surface area contributed by atoms with Crippen molar-refractivity contribution in [3.63, 3.8) is 0 Å². The molecule has 19 heavy (non-hydrogen) atoms. The zero-order valence-electron chi connectivity index (χ0n) is 10.6. The first-order chi connectivity index (χ1) is 9.11. The molecule has 2 rings (SSSR count). The highest BCUT2D eigenvalue weighted by molar-refractivity contribution is 5.69. The molecule has 2 aromatic rings. The molecule has 0 amide bonds. The topological polar surface area (TPSA) is 69.9 Å². The van der Waals surface area contributed by atoms with E-state index < -0.39 is 5.82 Å². The van der Waals surface area contributed by atoms with Gasteiger partial charge in [0, 0.05) is 19.7 Å². The van der Waals surface area contributed by atoms with Gasteiger partial charge in [-0.1, -0.05) is 0 Å². The average Bonchev–Trinajstić information content (AvgIpc) is 2.77. The van der Waals surface area contributed by atoms with E-state index in [1.807, 2.05) is 0 Å². The van der Waals surface area contributed by atoms with E-state index in [-0.39, 0.29) is 18.1 Å². The molecule has 0 fully saturated rings. The molecule has 0 N–H and O–H groups in total. The van der Waals surface area contributed by atoms with Crippen LogP contribution < -0.4 is 0 Å². The number of aryl methyl sites for hydroxylation is 2. The molecule has 0 aliphatic heterocycles. The van der Waals surface area contributed by atoms with Crippen LogP contribution in [0.15, 0.2) is 18.3 Å². The Labute approximate surface area is 109 Å². The molecule has 0 aliphatic carbocycles. The van der Waals surface area contributed by atoms with Crippen LogP contribution in [0.3, 0.4) is 0 Å². The van der Waals surface area contributed by atoms with E-state index in [9.17, 15) is 9.18 Å². The number of aromatic nitrogens is 4. The molecule has 0 aliphatic rings. The first kappa shape index (κ1) is 13.1. The monoisotopic (exact) mass is 264 g/mol. The predicted octanol–water partition coefficient (Wildman–Crippen LogP) is 1.12. The van der Waals surface area contributed by atoms with E-state index in [0.29, 0.717) is 18.1 Å². The molecule has 0 saturated heterocycles. The number of halogens is 1. The molecule has 0 aromatic carbocycles. The highest BCUT2D eigenvalue weighted by atomic mass is 19.1. The lowest BCUT2D eigenvalue weighted by molar-refractivity contribution is -0.140. The number of carbonyl (C=O) groups is 1. The van der Waals surface area contributed by atoms with Crippen molar-refractivity contribution in [3.8, 4) is 11.5 Å². The first-order valence-electron chi connectivity index (χ1n) is 5.69. The lowest BCUT2D eigenvalue weighted by Crippen LogP contribution is -2.03. The van der Waals surface area contributed by atoms with Gasteiger partial charge in [0.25, 0.3) is 0 Å². The van der Waals surface area contributed by atoms with Crippen molar-refractivity contribution in [2.45, 2.75) is 12.8 Å². The third-order valence-electron chi connectivity index (χ3n) is 2.56. The van der Waals surface area contributed by atoms with Crippen molar-refractivity contribution in [3.05, 3.63) is 30.0 Å². The van der Waals surface area contributed by atoms with E-state index in [4.69, 9.17) is 0 Å². The summed E-state index contributed by atoms with van der Waals surface area (Å²) in [6.07, 6.45) is 2.01. The van der Waals surface area contributed by atoms with Crippen LogP contribution in [0.25, 0.3) is 11.5 Å². The van der Waals surface area contributed by atoms with Crippen molar-refractivity contribution in [1.82, 2.24) is 19.7 Å². The van der Waals surface area contributed by atoms with Crippen molar-refractivity contribution >= 4 is 5.97 Å². The van der Waals surface area contributed by atoms with Crippen molar-refractivity contribution < 1.29 is 13.9 Å². The Kier molecular flexibility index (Phi) is 3.84. The van der Waals surface area contributed by atoms with Gasteiger partial charge in [0.15, 0.2) is 17.5 Å². The number of ether oxygens (including phenoxy) is 1. The highest BCUT2D eigenvalue weighted by Gasteiger charge is 2.15. The number of rotatable bonds is 4. The number of pyridine rings is 1. The van der Waals surface area contributed by atoms with Crippen LogP contribution in [0.5, 0.6) is 0 Å². The second kappa shape index (κ2) is 5.55. The Bertz CT molecular complexity index is 597. The normalized spacial score (nSPS) is 10.5. The zero-order chi connectivity index (χ0) is 13.8. The second-order valence-electron chi connectivity index (χ2n) is 3.89. The van der Waals surface area contributed by atoms with E-state index >= 15 is 0 Å². The molecule has 2 aromatic heterocycles. The molecular weight excluding hydrogens is 251 g/mol. The van der Waals surface area contributed by atoms with Crippen LogP contribution in [0.4, 0.5) is 4.39 Å². The van der Waals surface area contributed by atoms with Crippen LogP contribution in [-0.2, 0) is 23.0 Å². The number of hydrogen-bond acceptors (Lipinski definition) is 5. The molecule has 100 valence electrons. The van der Waals surface area contributed by atoms with Gasteiger partial charge in [0.05, 0.1) is 13.5 Å². The third-order valence-corrected chi connectivity index (χ3v) is 2.56. The Morgan fingerprint density at radius 2 is 2.32 bits per heavy atom. The fourth-order valence-corrected chi connectivity index (χ4v) is 1.62. The molecule has 6 nitrogen and oxygen atoms in total. The fraction of sp³-hybridized carbons (Fsp3) is 0.333. The number of nitrogens with zero attached hydrogens (tertiary/aromatic N) is 4. The van der Waals surface area contributed by atoms with E-state index in [2.05, 4.69) is 19.8 Å². The summed E-state index contributed by atoms with van der Waals surface area (Å²) in [5.74, 6) is -0.0125. The molecule has 0 unspecified atom stereocenters. The summed E-state index contributed by atoms with van der Waals surface area (Å²) in [5.41, 5.74) is 0.141. The molecular formula is C12H13FN4O2. The number of methoxy groups -OCH3 is 1. The predicted molar refractivity (Wildman–Crippen MR) is 64.5 cm³/mol. The van der Waals surface area contributed by atoms with E-state index in [1.54, 1.807) is 7.05 Å². The molecule has 0 radical (unpaired) electrons. The summed E-state index contributed by atoms with van der Waals surface area (Å²) in [6, 6.07) is 2.82. The van der Waals surface area contributed by atoms with E-state index in [0.717, 1.165) is 0 Å². The lowest BCUT2D eigenvalue weighted by Gasteiger charge is -1.99. The smallest absolute Gasteiger partial charge is 0.305 e. The average molecular weight is 264 g/mol. The van der Waals surface area contributed by atoms with Crippen molar-refractivity contribution in [2.75, 3.05) is 7.11 Å². The Hall–Kier alpha value is -2.31. The van der Waals surface area contributed by atoms with Crippen LogP contribution in [0, 0.1) is 5.82 Å². The number of esters is 1. The van der Waals surface area contributed by atoms with Gasteiger partial charge >= 0.3 is 5.97 Å². The zero-order valence-corrected chi connectivity index (χ0v) is 10.6. The Morgan fingerprint density at radius 1 is 1.53 bits per heavy atom. The van der Waals surface area contributed by atoms with Gasteiger partial charge in [-0.2, -0.15) is 5.10 Å². The summed E-state index contributed by atoms with van der Waals surface area (Å²) in [7, 11) is 2.97. The fourth-order valence-electron chi connectivity index (χ4n) is 1.62. The van der Waals surface area contributed by atoms with E-state index in [1.165, 1.54) is 30.1 Å². The minimum Gasteiger partial charge on any atom is -0.469 e. The highest BCUT2D eigenvalue weighted by Crippen LogP contribution is 2.17. The summed E-state index contributed by atoms with van der Waals surface area (Å²) >= 11 is 0. The standard InChI is InChI=1S/C12H13FN4O2/c1-17-12(11-8(13)4-3-7-14-11)15-9(16-17)5-6-10(18)19-2/h3-4,7H,5-6H2,1-2H3. The summed E-state index contributed by atoms with van der Waals surface area (Å²) < 4.78 is 19.6. The number of hydrogen-bond donors (Lipinski definition) is 0. The van der Waals surface area contributed by atoms with Gasteiger partial charge in [-0.3, -0.25) is 4.79 Å². The Balaban J connectivity index is 2.22. The van der Waals surface area contributed by atoms with Gasteiger partial charge in [-0.15, -0.1) is 0 Å². The van der Waals surface area contributed by atoms with Crippen LogP contribution in [0.2, 0.25) is 0 Å². The maximum atomic E-state index is 13.6. The summed E-state index contributed by atoms with van der Waals surface area (Å²) in [6.45, 7) is 0. The van der Waals surface area contributed by atoms with Crippen LogP contribution in [0.1, 0.15) is 12.2 Å². The van der Waals surface area contributed by atoms with Crippen LogP contribution in [-0.4, -0.2) is 32.8 Å². The molecule has 0 bridgehead atoms. The summed E-state index contributed by atoms with van der Waals surface area (Å²) in [5, 5.41) is 4.13. The van der Waals surface area contributed by atoms with Gasteiger partial charge < -0.3 is 4.74 Å². The molecule has 0 saturated carbocycles. The van der Waals surface area contributed by atoms with Gasteiger partial charge in [0.1, 0.15) is 5.69 Å². The second-order valence-corrected chi connectivity index (χ2v) is 3.89.